The fourth-order valence-electron chi connectivity index (χ4n) is 2.23. The Bertz CT molecular complexity index is 313. The third-order valence-electron chi connectivity index (χ3n) is 3.18. The Labute approximate surface area is 103 Å². The van der Waals surface area contributed by atoms with Crippen LogP contribution in [-0.4, -0.2) is 44.3 Å². The maximum Gasteiger partial charge on any atom is 0.0951 e. The minimum absolute atomic E-state index is 0.206. The van der Waals surface area contributed by atoms with Gasteiger partial charge in [-0.25, -0.2) is 0 Å². The second kappa shape index (κ2) is 6.19. The predicted molar refractivity (Wildman–Crippen MR) is 67.0 cm³/mol. The minimum Gasteiger partial charge on any atom is -0.472 e. The van der Waals surface area contributed by atoms with Crippen molar-refractivity contribution in [3.63, 3.8) is 0 Å². The molecule has 4 nitrogen and oxygen atoms in total. The van der Waals surface area contributed by atoms with Gasteiger partial charge in [-0.15, -0.1) is 0 Å². The number of hydrogen-bond donors (Lipinski definition) is 1. The molecule has 1 aromatic rings. The molecule has 1 N–H and O–H groups in total. The number of ether oxygens (including phenoxy) is 1. The van der Waals surface area contributed by atoms with Gasteiger partial charge >= 0.3 is 0 Å². The molecule has 0 bridgehead atoms. The van der Waals surface area contributed by atoms with Crippen molar-refractivity contribution in [2.45, 2.75) is 25.5 Å². The molecule has 1 saturated heterocycles. The van der Waals surface area contributed by atoms with E-state index in [2.05, 4.69) is 24.2 Å². The maximum atomic E-state index is 5.89. The van der Waals surface area contributed by atoms with Crippen molar-refractivity contribution in [3.8, 4) is 0 Å². The number of likely N-dealkylation sites (N-methyl/N-ethyl adjacent to an activating group) is 1. The van der Waals surface area contributed by atoms with Gasteiger partial charge in [0.2, 0.25) is 0 Å². The minimum atomic E-state index is 0.206. The summed E-state index contributed by atoms with van der Waals surface area (Å²) in [6, 6.07) is 2.25. The summed E-state index contributed by atoms with van der Waals surface area (Å²) in [5.74, 6) is 0. The number of rotatable bonds is 5. The third kappa shape index (κ3) is 3.31. The van der Waals surface area contributed by atoms with E-state index < -0.39 is 0 Å². The van der Waals surface area contributed by atoms with E-state index in [4.69, 9.17) is 9.15 Å². The first-order valence-corrected chi connectivity index (χ1v) is 6.37. The predicted octanol–water partition coefficient (Wildman–Crippen LogP) is 1.65. The maximum absolute atomic E-state index is 5.89. The Morgan fingerprint density at radius 2 is 2.47 bits per heavy atom. The van der Waals surface area contributed by atoms with Gasteiger partial charge in [0.25, 0.3) is 0 Å². The number of morpholine rings is 1. The molecule has 1 aliphatic rings. The molecule has 2 heterocycles. The Balaban J connectivity index is 2.03. The van der Waals surface area contributed by atoms with Gasteiger partial charge < -0.3 is 19.4 Å². The molecule has 1 fully saturated rings. The van der Waals surface area contributed by atoms with E-state index in [0.29, 0.717) is 0 Å². The van der Waals surface area contributed by atoms with E-state index in [1.807, 2.05) is 12.3 Å². The molecule has 0 saturated carbocycles. The van der Waals surface area contributed by atoms with Gasteiger partial charge in [-0.05, 0) is 26.1 Å². The van der Waals surface area contributed by atoms with Crippen LogP contribution in [0.1, 0.15) is 24.9 Å². The smallest absolute Gasteiger partial charge is 0.0951 e. The number of hydrogen-bond acceptors (Lipinski definition) is 4. The summed E-state index contributed by atoms with van der Waals surface area (Å²) in [7, 11) is 2.14. The second-order valence-corrected chi connectivity index (χ2v) is 4.66. The molecule has 0 aliphatic carbocycles. The highest BCUT2D eigenvalue weighted by Crippen LogP contribution is 2.22. The van der Waals surface area contributed by atoms with Crippen molar-refractivity contribution >= 4 is 0 Å². The zero-order valence-corrected chi connectivity index (χ0v) is 10.7. The van der Waals surface area contributed by atoms with E-state index in [1.165, 1.54) is 5.56 Å². The van der Waals surface area contributed by atoms with Crippen molar-refractivity contribution < 1.29 is 9.15 Å². The van der Waals surface area contributed by atoms with Crippen LogP contribution in [0.25, 0.3) is 0 Å². The lowest BCUT2D eigenvalue weighted by atomic mass is 10.0. The number of nitrogens with zero attached hydrogens (tertiary/aromatic N) is 1. The average molecular weight is 238 g/mol. The summed E-state index contributed by atoms with van der Waals surface area (Å²) < 4.78 is 11.1. The van der Waals surface area contributed by atoms with Crippen molar-refractivity contribution in [2.75, 3.05) is 33.3 Å². The molecule has 2 atom stereocenters. The van der Waals surface area contributed by atoms with Crippen LogP contribution in [0, 0.1) is 0 Å². The molecule has 2 unspecified atom stereocenters. The van der Waals surface area contributed by atoms with Crippen LogP contribution in [0.2, 0.25) is 0 Å². The van der Waals surface area contributed by atoms with Gasteiger partial charge in [0.15, 0.2) is 0 Å². The van der Waals surface area contributed by atoms with Gasteiger partial charge in [-0.1, -0.05) is 6.92 Å². The lowest BCUT2D eigenvalue weighted by Crippen LogP contribution is -2.46. The van der Waals surface area contributed by atoms with Gasteiger partial charge in [-0.2, -0.15) is 0 Å². The SMILES string of the molecule is CCCNC(c1ccoc1)C1CN(C)CCO1. The summed E-state index contributed by atoms with van der Waals surface area (Å²) >= 11 is 0. The van der Waals surface area contributed by atoms with Crippen LogP contribution >= 0.6 is 0 Å². The van der Waals surface area contributed by atoms with Crippen molar-refractivity contribution in [2.24, 2.45) is 0 Å². The molecule has 0 radical (unpaired) electrons. The van der Waals surface area contributed by atoms with Gasteiger partial charge in [0.05, 0.1) is 31.3 Å². The third-order valence-corrected chi connectivity index (χ3v) is 3.18. The van der Waals surface area contributed by atoms with Crippen molar-refractivity contribution in [1.82, 2.24) is 10.2 Å². The summed E-state index contributed by atoms with van der Waals surface area (Å²) in [6.45, 7) is 5.96. The highest BCUT2D eigenvalue weighted by Gasteiger charge is 2.28. The zero-order valence-electron chi connectivity index (χ0n) is 10.7. The molecule has 17 heavy (non-hydrogen) atoms. The van der Waals surface area contributed by atoms with Crippen LogP contribution in [0.15, 0.2) is 23.0 Å². The van der Waals surface area contributed by atoms with Crippen molar-refractivity contribution in [3.05, 3.63) is 24.2 Å². The molecule has 0 aromatic carbocycles. The Kier molecular flexibility index (Phi) is 4.59. The summed E-state index contributed by atoms with van der Waals surface area (Å²) in [6.07, 6.45) is 4.86. The first-order chi connectivity index (χ1) is 8.31. The van der Waals surface area contributed by atoms with Gasteiger partial charge in [0, 0.05) is 18.7 Å². The van der Waals surface area contributed by atoms with Gasteiger partial charge in [0.1, 0.15) is 0 Å². The van der Waals surface area contributed by atoms with E-state index in [-0.39, 0.29) is 12.1 Å². The highest BCUT2D eigenvalue weighted by atomic mass is 16.5. The van der Waals surface area contributed by atoms with E-state index in [1.54, 1.807) is 6.26 Å². The van der Waals surface area contributed by atoms with Gasteiger partial charge in [-0.3, -0.25) is 0 Å². The van der Waals surface area contributed by atoms with Crippen LogP contribution in [0.3, 0.4) is 0 Å². The summed E-state index contributed by atoms with van der Waals surface area (Å²) in [5.41, 5.74) is 1.18. The van der Waals surface area contributed by atoms with E-state index >= 15 is 0 Å². The zero-order chi connectivity index (χ0) is 12.1. The van der Waals surface area contributed by atoms with Crippen LogP contribution in [0.5, 0.6) is 0 Å². The molecular formula is C13H22N2O2. The van der Waals surface area contributed by atoms with Crippen molar-refractivity contribution in [1.29, 1.82) is 0 Å². The average Bonchev–Trinajstić information content (AvgIpc) is 2.83. The van der Waals surface area contributed by atoms with Crippen LogP contribution in [0.4, 0.5) is 0 Å². The van der Waals surface area contributed by atoms with Crippen LogP contribution < -0.4 is 5.32 Å². The molecule has 0 amide bonds. The first kappa shape index (κ1) is 12.6. The number of furan rings is 1. The largest absolute Gasteiger partial charge is 0.472 e. The lowest BCUT2D eigenvalue weighted by Gasteiger charge is -2.35. The Morgan fingerprint density at radius 1 is 1.59 bits per heavy atom. The molecule has 0 spiro atoms. The van der Waals surface area contributed by atoms with E-state index in [9.17, 15) is 0 Å². The highest BCUT2D eigenvalue weighted by molar-refractivity contribution is 5.14. The summed E-state index contributed by atoms with van der Waals surface area (Å²) in [5, 5.41) is 3.55. The quantitative estimate of drug-likeness (QED) is 0.846. The molecule has 1 aliphatic heterocycles. The topological polar surface area (TPSA) is 37.6 Å². The first-order valence-electron chi connectivity index (χ1n) is 6.37. The second-order valence-electron chi connectivity index (χ2n) is 4.66. The lowest BCUT2D eigenvalue weighted by molar-refractivity contribution is -0.0393. The fourth-order valence-corrected chi connectivity index (χ4v) is 2.23. The summed E-state index contributed by atoms with van der Waals surface area (Å²) in [4.78, 5) is 2.31. The standard InChI is InChI=1S/C13H22N2O2/c1-3-5-14-13(11-4-7-16-10-11)12-9-15(2)6-8-17-12/h4,7,10,12-14H,3,5-6,8-9H2,1-2H3. The molecule has 96 valence electrons. The normalized spacial score (nSPS) is 23.8. The Hall–Kier alpha value is -0.840. The molecule has 2 rings (SSSR count). The fraction of sp³-hybridized carbons (Fsp3) is 0.692. The molecular weight excluding hydrogens is 216 g/mol. The Morgan fingerprint density at radius 3 is 3.12 bits per heavy atom. The number of nitrogens with one attached hydrogen (secondary N) is 1. The monoisotopic (exact) mass is 238 g/mol. The molecule has 1 aromatic heterocycles. The molecule has 4 heteroatoms. The van der Waals surface area contributed by atoms with E-state index in [0.717, 1.165) is 32.7 Å². The van der Waals surface area contributed by atoms with Crippen LogP contribution in [-0.2, 0) is 4.74 Å².